The monoisotopic (exact) mass is 1050 g/mol. The predicted octanol–water partition coefficient (Wildman–Crippen LogP) is 15.2. The summed E-state index contributed by atoms with van der Waals surface area (Å²) in [6.45, 7) is 14.1. The van der Waals surface area contributed by atoms with Gasteiger partial charge in [-0.25, -0.2) is 0 Å². The van der Waals surface area contributed by atoms with Crippen LogP contribution in [0.1, 0.15) is 74.9 Å². The summed E-state index contributed by atoms with van der Waals surface area (Å²) in [5.74, 6) is 0. The quantitative estimate of drug-likeness (QED) is 0.102. The molecule has 0 unspecified atom stereocenters. The summed E-state index contributed by atoms with van der Waals surface area (Å²) < 4.78 is 0. The van der Waals surface area contributed by atoms with E-state index in [1.54, 1.807) is 0 Å². The molecule has 332 valence electrons. The molecular formula is C63H56IrN3. The molecule has 0 amide bonds. The molecule has 0 bridgehead atoms. The normalized spacial score (nSPS) is 11.8. The number of benzene rings is 6. The Morgan fingerprint density at radius 3 is 1.21 bits per heavy atom. The number of rotatable bonds is 14. The van der Waals surface area contributed by atoms with Crippen LogP contribution in [-0.2, 0) is 55.6 Å². The predicted molar refractivity (Wildman–Crippen MR) is 273 cm³/mol. The molecule has 3 aromatic heterocycles. The fourth-order valence-corrected chi connectivity index (χ4v) is 9.39. The maximum atomic E-state index is 5.11. The van der Waals surface area contributed by atoms with Crippen LogP contribution in [0.3, 0.4) is 0 Å². The summed E-state index contributed by atoms with van der Waals surface area (Å²) in [7, 11) is 0. The molecule has 0 aliphatic carbocycles. The van der Waals surface area contributed by atoms with E-state index in [1.807, 2.05) is 48.5 Å². The minimum absolute atomic E-state index is 0. The Kier molecular flexibility index (Phi) is 14.1. The Morgan fingerprint density at radius 1 is 0.373 bits per heavy atom. The van der Waals surface area contributed by atoms with Gasteiger partial charge in [0.25, 0.3) is 0 Å². The molecule has 0 saturated carbocycles. The van der Waals surface area contributed by atoms with Gasteiger partial charge in [-0.05, 0) is 108 Å². The van der Waals surface area contributed by atoms with Gasteiger partial charge >= 0.3 is 20.1 Å². The summed E-state index contributed by atoms with van der Waals surface area (Å²) in [6, 6.07) is 72.1. The minimum Gasteiger partial charge on any atom is -0.304 e. The molecule has 9 rings (SSSR count). The molecule has 9 aromatic rings. The van der Waals surface area contributed by atoms with Crippen molar-refractivity contribution in [3.05, 3.63) is 246 Å². The standard InChI is InChI=1S/C63H56N3.Ir/c1-61(2,54-31-33-58(64-42-54)51-21-13-8-14-22-51)39-45-35-46(40-62(3,4)55-32-34-59(65-43-55)52-23-15-9-16-24-52)37-47(36-45)41-63(5,6)57-44-66-60(53-25-17-10-18-26-53)38-56(57)50-29-27-49(28-30-50)48-19-11-7-12-20-48;/h7-21,23,25,27-38,42-44H,39-41H2,1-6H3;/q-3;+3. The van der Waals surface area contributed by atoms with E-state index in [-0.39, 0.29) is 36.4 Å². The van der Waals surface area contributed by atoms with Crippen LogP contribution >= 0.6 is 0 Å². The first-order valence-corrected chi connectivity index (χ1v) is 23.0. The summed E-state index contributed by atoms with van der Waals surface area (Å²) >= 11 is 0. The van der Waals surface area contributed by atoms with Gasteiger partial charge in [0.1, 0.15) is 0 Å². The maximum absolute atomic E-state index is 5.11. The van der Waals surface area contributed by atoms with Gasteiger partial charge in [-0.2, -0.15) is 0 Å². The van der Waals surface area contributed by atoms with Gasteiger partial charge in [0.05, 0.1) is 0 Å². The van der Waals surface area contributed by atoms with E-state index in [0.29, 0.717) is 0 Å². The molecule has 0 aliphatic heterocycles. The third-order valence-corrected chi connectivity index (χ3v) is 13.0. The fourth-order valence-electron chi connectivity index (χ4n) is 9.39. The van der Waals surface area contributed by atoms with Crippen LogP contribution in [0.4, 0.5) is 0 Å². The van der Waals surface area contributed by atoms with E-state index < -0.39 is 0 Å². The molecule has 0 saturated heterocycles. The molecular weight excluding hydrogens is 991 g/mol. The van der Waals surface area contributed by atoms with E-state index in [0.717, 1.165) is 53.0 Å². The average molecular weight is 1050 g/mol. The Hall–Kier alpha value is -6.58. The van der Waals surface area contributed by atoms with Gasteiger partial charge in [-0.15, -0.1) is 108 Å². The van der Waals surface area contributed by atoms with Crippen molar-refractivity contribution in [1.29, 1.82) is 0 Å². The number of pyridine rings is 3. The molecule has 0 radical (unpaired) electrons. The number of aromatic nitrogens is 3. The summed E-state index contributed by atoms with van der Waals surface area (Å²) in [6.07, 6.45) is 8.76. The van der Waals surface area contributed by atoms with Crippen LogP contribution in [0, 0.1) is 18.2 Å². The Morgan fingerprint density at radius 2 is 0.776 bits per heavy atom. The van der Waals surface area contributed by atoms with Gasteiger partial charge in [0, 0.05) is 18.6 Å². The first kappa shape index (κ1) is 46.9. The zero-order chi connectivity index (χ0) is 45.7. The van der Waals surface area contributed by atoms with Crippen molar-refractivity contribution >= 4 is 0 Å². The van der Waals surface area contributed by atoms with Gasteiger partial charge in [-0.3, -0.25) is 0 Å². The van der Waals surface area contributed by atoms with E-state index in [1.165, 1.54) is 55.6 Å². The van der Waals surface area contributed by atoms with Gasteiger partial charge in [0.2, 0.25) is 0 Å². The van der Waals surface area contributed by atoms with Crippen LogP contribution in [0.2, 0.25) is 0 Å². The molecule has 67 heavy (non-hydrogen) atoms. The minimum atomic E-state index is -0.275. The van der Waals surface area contributed by atoms with Crippen LogP contribution in [0.25, 0.3) is 56.0 Å². The van der Waals surface area contributed by atoms with Crippen molar-refractivity contribution in [2.75, 3.05) is 0 Å². The smallest absolute Gasteiger partial charge is 0.304 e. The number of hydrogen-bond donors (Lipinski definition) is 0. The van der Waals surface area contributed by atoms with E-state index in [9.17, 15) is 0 Å². The first-order valence-electron chi connectivity index (χ1n) is 23.0. The molecule has 3 heterocycles. The van der Waals surface area contributed by atoms with Gasteiger partial charge in [-0.1, -0.05) is 145 Å². The Balaban J connectivity index is 0.00000608. The molecule has 4 heteroatoms. The summed E-state index contributed by atoms with van der Waals surface area (Å²) in [5, 5.41) is 0. The van der Waals surface area contributed by atoms with Crippen molar-refractivity contribution in [2.45, 2.75) is 77.0 Å². The molecule has 3 nitrogen and oxygen atoms in total. The number of nitrogens with zero attached hydrogens (tertiary/aromatic N) is 3. The topological polar surface area (TPSA) is 38.7 Å². The zero-order valence-electron chi connectivity index (χ0n) is 39.3. The summed E-state index contributed by atoms with van der Waals surface area (Å²) in [5.41, 5.74) is 17.5. The third-order valence-electron chi connectivity index (χ3n) is 13.0. The number of hydrogen-bond acceptors (Lipinski definition) is 3. The van der Waals surface area contributed by atoms with E-state index >= 15 is 0 Å². The molecule has 0 spiro atoms. The SMILES string of the molecule is CC(C)(Cc1cc(CC(C)(C)c2ccc(-c3[c-]cccc3)nc2)cc(CC(C)(C)c2cnc(-c3[c-]cccc3)cc2-c2ccc(-c3ccccc3)cc2)c1)c1ccc(-c2[c-]cccc2)nc1.[Ir+3]. The molecule has 6 aromatic carbocycles. The average Bonchev–Trinajstić information content (AvgIpc) is 3.34. The molecule has 0 atom stereocenters. The van der Waals surface area contributed by atoms with Crippen LogP contribution in [0.15, 0.2) is 195 Å². The Labute approximate surface area is 411 Å². The van der Waals surface area contributed by atoms with Crippen molar-refractivity contribution in [1.82, 2.24) is 15.0 Å². The van der Waals surface area contributed by atoms with Crippen LogP contribution in [0.5, 0.6) is 0 Å². The summed E-state index contributed by atoms with van der Waals surface area (Å²) in [4.78, 5) is 14.9. The van der Waals surface area contributed by atoms with Crippen molar-refractivity contribution in [2.24, 2.45) is 0 Å². The fraction of sp³-hybridized carbons (Fsp3) is 0.190. The van der Waals surface area contributed by atoms with Crippen molar-refractivity contribution in [3.8, 4) is 56.0 Å². The largest absolute Gasteiger partial charge is 3.00 e. The second-order valence-electron chi connectivity index (χ2n) is 19.6. The van der Waals surface area contributed by atoms with E-state index in [2.05, 4.69) is 206 Å². The molecule has 0 aliphatic rings. The third kappa shape index (κ3) is 11.0. The van der Waals surface area contributed by atoms with Crippen LogP contribution in [-0.4, -0.2) is 15.0 Å². The van der Waals surface area contributed by atoms with Gasteiger partial charge in [0.15, 0.2) is 0 Å². The zero-order valence-corrected chi connectivity index (χ0v) is 41.7. The van der Waals surface area contributed by atoms with E-state index in [4.69, 9.17) is 15.0 Å². The maximum Gasteiger partial charge on any atom is 3.00 e. The second-order valence-corrected chi connectivity index (χ2v) is 19.6. The Bertz CT molecular complexity index is 2900. The second kappa shape index (κ2) is 20.1. The van der Waals surface area contributed by atoms with Gasteiger partial charge < -0.3 is 15.0 Å². The first-order chi connectivity index (χ1) is 31.9. The van der Waals surface area contributed by atoms with Crippen LogP contribution < -0.4 is 0 Å². The molecule has 0 N–H and O–H groups in total. The van der Waals surface area contributed by atoms with Crippen molar-refractivity contribution < 1.29 is 20.1 Å². The molecule has 0 fully saturated rings. The van der Waals surface area contributed by atoms with Crippen molar-refractivity contribution in [3.63, 3.8) is 0 Å².